The Balaban J connectivity index is 3.52. The Kier molecular flexibility index (Phi) is 12.4. The van der Waals surface area contributed by atoms with Gasteiger partial charge in [-0.25, -0.2) is 9.59 Å². The van der Waals surface area contributed by atoms with Gasteiger partial charge < -0.3 is 38.5 Å². The predicted octanol–water partition coefficient (Wildman–Crippen LogP) is -0.331. The molecule has 1 heterocycles. The number of esters is 6. The molecule has 14 nitrogen and oxygen atoms in total. The maximum atomic E-state index is 12.3. The molecule has 1 aliphatic rings. The van der Waals surface area contributed by atoms with Gasteiger partial charge in [-0.2, -0.15) is 0 Å². The van der Waals surface area contributed by atoms with Crippen molar-refractivity contribution in [2.24, 2.45) is 0 Å². The van der Waals surface area contributed by atoms with E-state index in [1.807, 2.05) is 0 Å². The third-order valence-corrected chi connectivity index (χ3v) is 4.39. The molecule has 0 spiro atoms. The van der Waals surface area contributed by atoms with Crippen molar-refractivity contribution in [3.8, 4) is 0 Å². The van der Waals surface area contributed by atoms with Crippen LogP contribution in [0.1, 0.15) is 41.5 Å². The highest BCUT2D eigenvalue weighted by molar-refractivity contribution is 6.13. The predicted molar refractivity (Wildman–Crippen MR) is 116 cm³/mol. The van der Waals surface area contributed by atoms with Crippen molar-refractivity contribution in [3.05, 3.63) is 11.8 Å². The van der Waals surface area contributed by atoms with Gasteiger partial charge in [0.25, 0.3) is 0 Å². The van der Waals surface area contributed by atoms with Gasteiger partial charge in [-0.15, -0.1) is 0 Å². The Morgan fingerprint density at radius 1 is 0.722 bits per heavy atom. The van der Waals surface area contributed by atoms with Crippen molar-refractivity contribution in [1.29, 1.82) is 0 Å². The lowest BCUT2D eigenvalue weighted by molar-refractivity contribution is -0.270. The summed E-state index contributed by atoms with van der Waals surface area (Å²) in [5.74, 6) is -5.10. The largest absolute Gasteiger partial charge is 0.463 e. The SMILES string of the molecule is CCOC(=O)C(=CN[C@H]1[C@@H](OC(C)=O)O[C@H](COC(C)=O)[C@@H](OC(C)=O)[C@@H]1OC(C)=O)C(=O)OCC. The lowest BCUT2D eigenvalue weighted by Crippen LogP contribution is -2.65. The first-order valence-corrected chi connectivity index (χ1v) is 11.0. The standard InChI is InChI=1S/C22H31NO13/c1-7-30-20(28)15(21(29)31-8-2)9-23-17-19(34-13(5)26)18(33-12(4)25)16(10-32-11(3)24)36-22(17)35-14(6)27/h9,16-19,22-23H,7-8,10H2,1-6H3/t16-,17-,18-,19-,22+/m1/s1. The maximum Gasteiger partial charge on any atom is 0.347 e. The Bertz CT molecular complexity index is 848. The van der Waals surface area contributed by atoms with Crippen LogP contribution in [0.25, 0.3) is 0 Å². The average molecular weight is 517 g/mol. The normalized spacial score (nSPS) is 22.8. The van der Waals surface area contributed by atoms with Crippen molar-refractivity contribution < 1.29 is 61.9 Å². The van der Waals surface area contributed by atoms with Crippen LogP contribution < -0.4 is 5.32 Å². The molecular formula is C22H31NO13. The molecular weight excluding hydrogens is 486 g/mol. The lowest BCUT2D eigenvalue weighted by Gasteiger charge is -2.44. The van der Waals surface area contributed by atoms with E-state index in [-0.39, 0.29) is 13.2 Å². The molecule has 5 atom stereocenters. The summed E-state index contributed by atoms with van der Waals surface area (Å²) < 4.78 is 36.3. The van der Waals surface area contributed by atoms with E-state index in [1.54, 1.807) is 0 Å². The van der Waals surface area contributed by atoms with Gasteiger partial charge in [-0.3, -0.25) is 19.2 Å². The molecule has 1 fully saturated rings. The third-order valence-electron chi connectivity index (χ3n) is 4.39. The highest BCUT2D eigenvalue weighted by Gasteiger charge is 2.51. The second-order valence-corrected chi connectivity index (χ2v) is 7.29. The molecule has 1 saturated heterocycles. The van der Waals surface area contributed by atoms with Crippen LogP contribution in [0.2, 0.25) is 0 Å². The van der Waals surface area contributed by atoms with Gasteiger partial charge in [0.2, 0.25) is 6.29 Å². The van der Waals surface area contributed by atoms with Crippen LogP contribution in [-0.2, 0) is 61.9 Å². The summed E-state index contributed by atoms with van der Waals surface area (Å²) in [6.07, 6.45) is -4.55. The van der Waals surface area contributed by atoms with Crippen LogP contribution in [-0.4, -0.2) is 86.3 Å². The van der Waals surface area contributed by atoms with Crippen molar-refractivity contribution in [2.45, 2.75) is 72.2 Å². The zero-order valence-corrected chi connectivity index (χ0v) is 20.9. The zero-order valence-electron chi connectivity index (χ0n) is 20.9. The molecule has 0 radical (unpaired) electrons. The van der Waals surface area contributed by atoms with Gasteiger partial charge in [0.05, 0.1) is 13.2 Å². The Hall–Kier alpha value is -3.68. The smallest absolute Gasteiger partial charge is 0.347 e. The number of ether oxygens (including phenoxy) is 7. The zero-order chi connectivity index (χ0) is 27.4. The number of hydrogen-bond donors (Lipinski definition) is 1. The molecule has 1 rings (SSSR count). The molecule has 0 bridgehead atoms. The van der Waals surface area contributed by atoms with Crippen molar-refractivity contribution in [1.82, 2.24) is 5.32 Å². The summed E-state index contributed by atoms with van der Waals surface area (Å²) in [4.78, 5) is 71.5. The molecule has 0 amide bonds. The fourth-order valence-corrected chi connectivity index (χ4v) is 3.14. The summed E-state index contributed by atoms with van der Waals surface area (Å²) in [7, 11) is 0. The third kappa shape index (κ3) is 9.52. The van der Waals surface area contributed by atoms with Gasteiger partial charge in [0.15, 0.2) is 17.8 Å². The van der Waals surface area contributed by atoms with E-state index < -0.39 is 78.6 Å². The van der Waals surface area contributed by atoms with Gasteiger partial charge in [0, 0.05) is 33.9 Å². The average Bonchev–Trinajstić information content (AvgIpc) is 2.75. The molecule has 1 aliphatic heterocycles. The molecule has 0 saturated carbocycles. The number of nitrogens with one attached hydrogen (secondary N) is 1. The van der Waals surface area contributed by atoms with Gasteiger partial charge >= 0.3 is 35.8 Å². The Morgan fingerprint density at radius 2 is 1.22 bits per heavy atom. The summed E-state index contributed by atoms with van der Waals surface area (Å²) in [5.41, 5.74) is -0.548. The van der Waals surface area contributed by atoms with E-state index in [4.69, 9.17) is 33.2 Å². The first kappa shape index (κ1) is 30.4. The second-order valence-electron chi connectivity index (χ2n) is 7.29. The second kappa shape index (κ2) is 14.7. The van der Waals surface area contributed by atoms with Crippen molar-refractivity contribution >= 4 is 35.8 Å². The fourth-order valence-electron chi connectivity index (χ4n) is 3.14. The molecule has 0 aromatic rings. The topological polar surface area (TPSA) is 179 Å². The summed E-state index contributed by atoms with van der Waals surface area (Å²) in [6.45, 7) is 6.93. The van der Waals surface area contributed by atoms with Gasteiger partial charge in [-0.1, -0.05) is 0 Å². The minimum atomic E-state index is -1.51. The van der Waals surface area contributed by atoms with E-state index in [0.29, 0.717) is 0 Å². The molecule has 14 heteroatoms. The molecule has 0 aromatic carbocycles. The Labute approximate surface area is 207 Å². The van der Waals surface area contributed by atoms with Crippen LogP contribution >= 0.6 is 0 Å². The van der Waals surface area contributed by atoms with E-state index in [2.05, 4.69) is 5.32 Å². The van der Waals surface area contributed by atoms with Crippen LogP contribution in [0.4, 0.5) is 0 Å². The molecule has 1 N–H and O–H groups in total. The van der Waals surface area contributed by atoms with Gasteiger partial charge in [0.1, 0.15) is 18.8 Å². The van der Waals surface area contributed by atoms with Gasteiger partial charge in [-0.05, 0) is 13.8 Å². The maximum absolute atomic E-state index is 12.3. The first-order valence-electron chi connectivity index (χ1n) is 11.0. The molecule has 202 valence electrons. The van der Waals surface area contributed by atoms with Crippen LogP contribution in [0.15, 0.2) is 11.8 Å². The summed E-state index contributed by atoms with van der Waals surface area (Å²) in [5, 5.41) is 2.66. The number of rotatable bonds is 11. The lowest BCUT2D eigenvalue weighted by atomic mass is 9.96. The van der Waals surface area contributed by atoms with Crippen LogP contribution in [0.3, 0.4) is 0 Å². The molecule has 0 aromatic heterocycles. The van der Waals surface area contributed by atoms with E-state index in [9.17, 15) is 28.8 Å². The molecule has 36 heavy (non-hydrogen) atoms. The van der Waals surface area contributed by atoms with Crippen molar-refractivity contribution in [3.63, 3.8) is 0 Å². The molecule has 0 aliphatic carbocycles. The fraction of sp³-hybridized carbons (Fsp3) is 0.636. The Morgan fingerprint density at radius 3 is 1.67 bits per heavy atom. The van der Waals surface area contributed by atoms with Crippen LogP contribution in [0, 0.1) is 0 Å². The van der Waals surface area contributed by atoms with E-state index >= 15 is 0 Å². The first-order chi connectivity index (χ1) is 16.9. The summed E-state index contributed by atoms with van der Waals surface area (Å²) >= 11 is 0. The highest BCUT2D eigenvalue weighted by Crippen LogP contribution is 2.28. The molecule has 0 unspecified atom stereocenters. The quantitative estimate of drug-likeness (QED) is 0.124. The minimum absolute atomic E-state index is 0.0411. The van der Waals surface area contributed by atoms with E-state index in [0.717, 1.165) is 33.9 Å². The van der Waals surface area contributed by atoms with Crippen molar-refractivity contribution in [2.75, 3.05) is 19.8 Å². The number of hydrogen-bond acceptors (Lipinski definition) is 14. The highest BCUT2D eigenvalue weighted by atomic mass is 16.7. The monoisotopic (exact) mass is 517 g/mol. The summed E-state index contributed by atoms with van der Waals surface area (Å²) in [6, 6.07) is -1.31. The minimum Gasteiger partial charge on any atom is -0.463 e. The van der Waals surface area contributed by atoms with Crippen LogP contribution in [0.5, 0.6) is 0 Å². The number of carbonyl (C=O) groups excluding carboxylic acids is 6. The number of carbonyl (C=O) groups is 6. The van der Waals surface area contributed by atoms with E-state index in [1.165, 1.54) is 13.8 Å².